The molecule has 148 valence electrons. The van der Waals surface area contributed by atoms with Crippen molar-refractivity contribution >= 4 is 29.9 Å². The molecule has 27 heavy (non-hydrogen) atoms. The molecule has 2 aromatic rings. The first-order chi connectivity index (χ1) is 12.8. The maximum Gasteiger partial charge on any atom is 0.218 e. The highest BCUT2D eigenvalue weighted by molar-refractivity contribution is 14.0. The fourth-order valence-corrected chi connectivity index (χ4v) is 2.24. The van der Waals surface area contributed by atoms with E-state index in [1.165, 1.54) is 0 Å². The van der Waals surface area contributed by atoms with E-state index >= 15 is 0 Å². The van der Waals surface area contributed by atoms with Crippen LogP contribution in [0.1, 0.15) is 11.1 Å². The Balaban J connectivity index is 0.00000364. The zero-order chi connectivity index (χ0) is 18.6. The van der Waals surface area contributed by atoms with Crippen LogP contribution in [0.3, 0.4) is 0 Å². The van der Waals surface area contributed by atoms with Gasteiger partial charge in [-0.3, -0.25) is 4.99 Å². The molecule has 0 unspecified atom stereocenters. The van der Waals surface area contributed by atoms with Crippen LogP contribution in [0.25, 0.3) is 0 Å². The summed E-state index contributed by atoms with van der Waals surface area (Å²) in [5.41, 5.74) is 2.09. The van der Waals surface area contributed by atoms with Gasteiger partial charge in [0.2, 0.25) is 5.88 Å². The molecule has 0 bridgehead atoms. The highest BCUT2D eigenvalue weighted by atomic mass is 127. The average molecular weight is 486 g/mol. The maximum absolute atomic E-state index is 5.65. The summed E-state index contributed by atoms with van der Waals surface area (Å²) in [5, 5.41) is 6.55. The van der Waals surface area contributed by atoms with E-state index in [4.69, 9.17) is 14.2 Å². The highest BCUT2D eigenvalue weighted by Crippen LogP contribution is 2.14. The van der Waals surface area contributed by atoms with Crippen molar-refractivity contribution in [2.75, 3.05) is 34.5 Å². The van der Waals surface area contributed by atoms with Crippen LogP contribution in [0.15, 0.2) is 47.6 Å². The van der Waals surface area contributed by atoms with Gasteiger partial charge in [-0.2, -0.15) is 0 Å². The summed E-state index contributed by atoms with van der Waals surface area (Å²) in [6, 6.07) is 11.8. The van der Waals surface area contributed by atoms with Crippen LogP contribution in [0, 0.1) is 0 Å². The number of methoxy groups -OCH3 is 2. The molecule has 1 heterocycles. The second-order valence-corrected chi connectivity index (χ2v) is 5.44. The van der Waals surface area contributed by atoms with Gasteiger partial charge in [0.1, 0.15) is 12.4 Å². The van der Waals surface area contributed by atoms with Gasteiger partial charge in [-0.15, -0.1) is 24.0 Å². The Morgan fingerprint density at radius 2 is 1.78 bits per heavy atom. The quantitative estimate of drug-likeness (QED) is 0.246. The average Bonchev–Trinajstić information content (AvgIpc) is 2.69. The van der Waals surface area contributed by atoms with Gasteiger partial charge in [-0.1, -0.05) is 18.2 Å². The van der Waals surface area contributed by atoms with Crippen molar-refractivity contribution in [3.8, 4) is 11.6 Å². The van der Waals surface area contributed by atoms with E-state index in [2.05, 4.69) is 20.6 Å². The number of aromatic nitrogens is 1. The van der Waals surface area contributed by atoms with Gasteiger partial charge in [-0.25, -0.2) is 4.98 Å². The van der Waals surface area contributed by atoms with Crippen LogP contribution < -0.4 is 20.1 Å². The third-order valence-corrected chi connectivity index (χ3v) is 3.67. The van der Waals surface area contributed by atoms with Gasteiger partial charge in [0.15, 0.2) is 5.96 Å². The Labute approximate surface area is 177 Å². The fourth-order valence-electron chi connectivity index (χ4n) is 2.24. The third-order valence-electron chi connectivity index (χ3n) is 3.67. The van der Waals surface area contributed by atoms with Crippen LogP contribution in [-0.2, 0) is 17.8 Å². The lowest BCUT2D eigenvalue weighted by atomic mass is 10.2. The molecule has 0 aliphatic carbocycles. The number of hydrogen-bond acceptors (Lipinski definition) is 5. The second-order valence-electron chi connectivity index (χ2n) is 5.44. The molecule has 0 aliphatic rings. The first-order valence-electron chi connectivity index (χ1n) is 8.40. The van der Waals surface area contributed by atoms with Crippen molar-refractivity contribution in [2.45, 2.75) is 13.1 Å². The van der Waals surface area contributed by atoms with Gasteiger partial charge in [-0.05, 0) is 23.8 Å². The normalized spacial score (nSPS) is 10.7. The summed E-state index contributed by atoms with van der Waals surface area (Å²) < 4.78 is 15.8. The molecule has 2 rings (SSSR count). The van der Waals surface area contributed by atoms with E-state index in [1.807, 2.05) is 36.4 Å². The number of ether oxygens (including phenoxy) is 3. The molecule has 0 saturated heterocycles. The molecule has 0 spiro atoms. The lowest BCUT2D eigenvalue weighted by Gasteiger charge is -2.14. The SMILES string of the molecule is CN=C(NCc1ccc(OC)cc1)NCc1cccnc1OCCOC.I. The number of nitrogens with zero attached hydrogens (tertiary/aromatic N) is 2. The zero-order valence-electron chi connectivity index (χ0n) is 15.9. The van der Waals surface area contributed by atoms with Crippen LogP contribution in [0.5, 0.6) is 11.6 Å². The van der Waals surface area contributed by atoms with Crippen LogP contribution in [0.2, 0.25) is 0 Å². The van der Waals surface area contributed by atoms with Gasteiger partial charge >= 0.3 is 0 Å². The lowest BCUT2D eigenvalue weighted by molar-refractivity contribution is 0.143. The van der Waals surface area contributed by atoms with Crippen molar-refractivity contribution in [3.63, 3.8) is 0 Å². The maximum atomic E-state index is 5.65. The number of pyridine rings is 1. The predicted octanol–water partition coefficient (Wildman–Crippen LogP) is 2.60. The Morgan fingerprint density at radius 1 is 1.04 bits per heavy atom. The minimum absolute atomic E-state index is 0. The number of hydrogen-bond donors (Lipinski definition) is 2. The monoisotopic (exact) mass is 486 g/mol. The Morgan fingerprint density at radius 3 is 2.44 bits per heavy atom. The van der Waals surface area contributed by atoms with Crippen molar-refractivity contribution in [1.82, 2.24) is 15.6 Å². The zero-order valence-corrected chi connectivity index (χ0v) is 18.2. The number of halogens is 1. The topological polar surface area (TPSA) is 77.0 Å². The third kappa shape index (κ3) is 8.00. The van der Waals surface area contributed by atoms with Crippen LogP contribution >= 0.6 is 24.0 Å². The molecule has 7 nitrogen and oxygen atoms in total. The highest BCUT2D eigenvalue weighted by Gasteiger charge is 2.06. The summed E-state index contributed by atoms with van der Waals surface area (Å²) in [4.78, 5) is 8.52. The van der Waals surface area contributed by atoms with E-state index < -0.39 is 0 Å². The molecule has 0 amide bonds. The molecule has 2 N–H and O–H groups in total. The smallest absolute Gasteiger partial charge is 0.218 e. The summed E-state index contributed by atoms with van der Waals surface area (Å²) >= 11 is 0. The largest absolute Gasteiger partial charge is 0.497 e. The second kappa shape index (κ2) is 13.2. The lowest BCUT2D eigenvalue weighted by Crippen LogP contribution is -2.36. The van der Waals surface area contributed by atoms with E-state index in [0.29, 0.717) is 38.1 Å². The Hall–Kier alpha value is -2.07. The molecule has 0 radical (unpaired) electrons. The molecule has 1 aromatic heterocycles. The summed E-state index contributed by atoms with van der Waals surface area (Å²) in [5.74, 6) is 2.14. The first-order valence-corrected chi connectivity index (χ1v) is 8.40. The van der Waals surface area contributed by atoms with E-state index in [0.717, 1.165) is 16.9 Å². The van der Waals surface area contributed by atoms with E-state index in [-0.39, 0.29) is 24.0 Å². The minimum Gasteiger partial charge on any atom is -0.497 e. The van der Waals surface area contributed by atoms with Gasteiger partial charge in [0.05, 0.1) is 13.7 Å². The number of nitrogens with one attached hydrogen (secondary N) is 2. The summed E-state index contributed by atoms with van der Waals surface area (Å²) in [7, 11) is 5.04. The molecule has 1 aromatic carbocycles. The first kappa shape index (κ1) is 23.0. The number of rotatable bonds is 9. The summed E-state index contributed by atoms with van der Waals surface area (Å²) in [6.45, 7) is 2.20. The van der Waals surface area contributed by atoms with E-state index in [1.54, 1.807) is 27.5 Å². The molecule has 8 heteroatoms. The van der Waals surface area contributed by atoms with Crippen LogP contribution in [0.4, 0.5) is 0 Å². The molecule has 0 fully saturated rings. The Kier molecular flexibility index (Phi) is 11.2. The molecular weight excluding hydrogens is 459 g/mol. The number of guanidine groups is 1. The van der Waals surface area contributed by atoms with Gasteiger partial charge in [0, 0.05) is 39.0 Å². The van der Waals surface area contributed by atoms with Gasteiger partial charge in [0.25, 0.3) is 0 Å². The minimum atomic E-state index is 0. The number of aliphatic imine (C=N–C) groups is 1. The molecule has 0 saturated carbocycles. The van der Waals surface area contributed by atoms with Crippen molar-refractivity contribution in [1.29, 1.82) is 0 Å². The van der Waals surface area contributed by atoms with Crippen LogP contribution in [-0.4, -0.2) is 45.4 Å². The Bertz CT molecular complexity index is 696. The van der Waals surface area contributed by atoms with Crippen molar-refractivity contribution < 1.29 is 14.2 Å². The number of benzene rings is 1. The fraction of sp³-hybridized carbons (Fsp3) is 0.368. The van der Waals surface area contributed by atoms with Crippen molar-refractivity contribution in [3.05, 3.63) is 53.7 Å². The summed E-state index contributed by atoms with van der Waals surface area (Å²) in [6.07, 6.45) is 1.71. The predicted molar refractivity (Wildman–Crippen MR) is 117 cm³/mol. The molecular formula is C19H27IN4O3. The molecule has 0 atom stereocenters. The molecule has 0 aliphatic heterocycles. The van der Waals surface area contributed by atoms with E-state index in [9.17, 15) is 0 Å². The van der Waals surface area contributed by atoms with Gasteiger partial charge < -0.3 is 24.8 Å². The van der Waals surface area contributed by atoms with Crippen molar-refractivity contribution in [2.24, 2.45) is 4.99 Å². The standard InChI is InChI=1S/C19H26N4O3.HI/c1-20-19(22-13-15-6-8-17(25-3)9-7-15)23-14-16-5-4-10-21-18(16)26-12-11-24-2;/h4-10H,11-14H2,1-3H3,(H2,20,22,23);1H.